The predicted octanol–water partition coefficient (Wildman–Crippen LogP) is -2.89. The van der Waals surface area contributed by atoms with E-state index in [2.05, 4.69) is 10.6 Å². The van der Waals surface area contributed by atoms with Crippen LogP contribution in [0.2, 0.25) is 0 Å². The van der Waals surface area contributed by atoms with Crippen molar-refractivity contribution in [3.8, 4) is 0 Å². The molecule has 1 saturated heterocycles. The molecule has 0 aromatic heterocycles. The molecule has 0 aliphatic carbocycles. The number of carbonyl (C=O) groups is 3. The van der Waals surface area contributed by atoms with Crippen molar-refractivity contribution in [2.75, 3.05) is 13.1 Å². The minimum absolute atomic E-state index is 0.140. The summed E-state index contributed by atoms with van der Waals surface area (Å²) >= 11 is 0. The van der Waals surface area contributed by atoms with Gasteiger partial charge in [-0.3, -0.25) is 9.59 Å². The maximum atomic E-state index is 12.0. The molecule has 4 N–H and O–H groups in total. The molecule has 114 valence electrons. The summed E-state index contributed by atoms with van der Waals surface area (Å²) < 4.78 is 0. The van der Waals surface area contributed by atoms with Crippen molar-refractivity contribution in [1.82, 2.24) is 10.6 Å². The third-order valence-electron chi connectivity index (χ3n) is 3.25. The quantitative estimate of drug-likeness (QED) is 0.466. The first-order valence-electron chi connectivity index (χ1n) is 7.01. The Morgan fingerprint density at radius 3 is 2.55 bits per heavy atom. The number of quaternary nitrogens is 1. The van der Waals surface area contributed by atoms with Crippen LogP contribution in [0.25, 0.3) is 0 Å². The molecule has 1 rings (SSSR count). The van der Waals surface area contributed by atoms with Crippen LogP contribution in [0.1, 0.15) is 33.1 Å². The van der Waals surface area contributed by atoms with Gasteiger partial charge in [-0.25, -0.2) is 0 Å². The Morgan fingerprint density at radius 2 is 2.05 bits per heavy atom. The summed E-state index contributed by atoms with van der Waals surface area (Å²) in [4.78, 5) is 34.3. The Kier molecular flexibility index (Phi) is 6.44. The Hall–Kier alpha value is -1.63. The van der Waals surface area contributed by atoms with Gasteiger partial charge in [0.25, 0.3) is 5.91 Å². The molecule has 0 spiro atoms. The van der Waals surface area contributed by atoms with E-state index < -0.39 is 24.5 Å². The SMILES string of the molecule is CC(C)C[C@H](NC(=O)[C@H]1CCC[NH2+]1)C(=O)NCC(=O)[O-]. The van der Waals surface area contributed by atoms with Gasteiger partial charge in [0.1, 0.15) is 6.04 Å². The smallest absolute Gasteiger partial charge is 0.278 e. The molecule has 0 radical (unpaired) electrons. The van der Waals surface area contributed by atoms with Gasteiger partial charge in [0.15, 0.2) is 6.04 Å². The Bertz CT molecular complexity index is 365. The van der Waals surface area contributed by atoms with E-state index >= 15 is 0 Å². The predicted molar refractivity (Wildman–Crippen MR) is 69.2 cm³/mol. The maximum Gasteiger partial charge on any atom is 0.278 e. The van der Waals surface area contributed by atoms with Crippen LogP contribution in [-0.2, 0) is 14.4 Å². The standard InChI is InChI=1S/C13H23N3O4/c1-8(2)6-10(12(19)15-7-11(17)18)16-13(20)9-4-3-5-14-9/h8-10,14H,3-7H2,1-2H3,(H,15,19)(H,16,20)(H,17,18)/t9-,10+/m1/s1. The van der Waals surface area contributed by atoms with Crippen LogP contribution in [0.3, 0.4) is 0 Å². The van der Waals surface area contributed by atoms with E-state index in [0.29, 0.717) is 6.42 Å². The van der Waals surface area contributed by atoms with Gasteiger partial charge in [-0.1, -0.05) is 13.8 Å². The monoisotopic (exact) mass is 285 g/mol. The highest BCUT2D eigenvalue weighted by Crippen LogP contribution is 2.06. The van der Waals surface area contributed by atoms with Crippen molar-refractivity contribution in [3.63, 3.8) is 0 Å². The average molecular weight is 285 g/mol. The van der Waals surface area contributed by atoms with E-state index in [1.807, 2.05) is 19.2 Å². The van der Waals surface area contributed by atoms with Gasteiger partial charge in [-0.15, -0.1) is 0 Å². The fourth-order valence-electron chi connectivity index (χ4n) is 2.28. The molecular formula is C13H23N3O4. The van der Waals surface area contributed by atoms with Crippen LogP contribution in [0.15, 0.2) is 0 Å². The lowest BCUT2D eigenvalue weighted by Gasteiger charge is -2.21. The zero-order valence-corrected chi connectivity index (χ0v) is 12.0. The summed E-state index contributed by atoms with van der Waals surface area (Å²) in [5.74, 6) is -1.77. The molecule has 7 nitrogen and oxygen atoms in total. The Balaban J connectivity index is 2.55. The number of aliphatic carboxylic acids is 1. The first kappa shape index (κ1) is 16.4. The number of nitrogens with two attached hydrogens (primary N) is 1. The summed E-state index contributed by atoms with van der Waals surface area (Å²) in [7, 11) is 0. The van der Waals surface area contributed by atoms with Crippen molar-refractivity contribution in [1.29, 1.82) is 0 Å². The highest BCUT2D eigenvalue weighted by molar-refractivity contribution is 5.90. The Morgan fingerprint density at radius 1 is 1.35 bits per heavy atom. The topological polar surface area (TPSA) is 115 Å². The number of carboxylic acid groups (broad SMARTS) is 1. The van der Waals surface area contributed by atoms with Crippen LogP contribution in [0, 0.1) is 5.92 Å². The molecule has 1 aliphatic heterocycles. The van der Waals surface area contributed by atoms with E-state index in [-0.39, 0.29) is 17.9 Å². The van der Waals surface area contributed by atoms with Crippen LogP contribution >= 0.6 is 0 Å². The van der Waals surface area contributed by atoms with Crippen LogP contribution in [0.5, 0.6) is 0 Å². The number of rotatable bonds is 7. The minimum atomic E-state index is -1.35. The number of amides is 2. The van der Waals surface area contributed by atoms with Gasteiger partial charge in [0, 0.05) is 12.8 Å². The van der Waals surface area contributed by atoms with Crippen molar-refractivity contribution < 1.29 is 24.8 Å². The fourth-order valence-corrected chi connectivity index (χ4v) is 2.28. The third kappa shape index (κ3) is 5.56. The van der Waals surface area contributed by atoms with Crippen molar-refractivity contribution in [2.24, 2.45) is 5.92 Å². The van der Waals surface area contributed by atoms with Gasteiger partial charge in [0.2, 0.25) is 5.91 Å². The van der Waals surface area contributed by atoms with E-state index in [1.54, 1.807) is 0 Å². The second-order valence-corrected chi connectivity index (χ2v) is 5.55. The summed E-state index contributed by atoms with van der Waals surface area (Å²) in [5.41, 5.74) is 0. The number of nitrogens with one attached hydrogen (secondary N) is 2. The molecule has 7 heteroatoms. The molecule has 1 fully saturated rings. The highest BCUT2D eigenvalue weighted by Gasteiger charge is 2.30. The van der Waals surface area contributed by atoms with Crippen LogP contribution in [0.4, 0.5) is 0 Å². The summed E-state index contributed by atoms with van der Waals surface area (Å²) in [5, 5.41) is 17.3. The minimum Gasteiger partial charge on any atom is -0.548 e. The number of carbonyl (C=O) groups excluding carboxylic acids is 3. The average Bonchev–Trinajstić information content (AvgIpc) is 2.88. The lowest BCUT2D eigenvalue weighted by atomic mass is 10.0. The molecule has 0 unspecified atom stereocenters. The van der Waals surface area contributed by atoms with Crippen molar-refractivity contribution in [2.45, 2.75) is 45.2 Å². The highest BCUT2D eigenvalue weighted by atomic mass is 16.4. The third-order valence-corrected chi connectivity index (χ3v) is 3.25. The molecule has 0 aromatic rings. The molecule has 20 heavy (non-hydrogen) atoms. The Labute approximate surface area is 118 Å². The summed E-state index contributed by atoms with van der Waals surface area (Å²) in [6, 6.07) is -0.838. The second kappa shape index (κ2) is 7.84. The van der Waals surface area contributed by atoms with Crippen molar-refractivity contribution in [3.05, 3.63) is 0 Å². The zero-order chi connectivity index (χ0) is 15.1. The van der Waals surface area contributed by atoms with Crippen LogP contribution < -0.4 is 21.1 Å². The second-order valence-electron chi connectivity index (χ2n) is 5.55. The fraction of sp³-hybridized carbons (Fsp3) is 0.769. The lowest BCUT2D eigenvalue weighted by Crippen LogP contribution is -2.89. The normalized spacial score (nSPS) is 19.6. The summed E-state index contributed by atoms with van der Waals surface area (Å²) in [6.45, 7) is 4.25. The van der Waals surface area contributed by atoms with Gasteiger partial charge in [-0.2, -0.15) is 0 Å². The molecule has 1 heterocycles. The zero-order valence-electron chi connectivity index (χ0n) is 12.0. The first-order chi connectivity index (χ1) is 9.40. The maximum absolute atomic E-state index is 12.0. The molecular weight excluding hydrogens is 262 g/mol. The van der Waals surface area contributed by atoms with Gasteiger partial charge in [-0.05, 0) is 12.3 Å². The van der Waals surface area contributed by atoms with Crippen LogP contribution in [-0.4, -0.2) is 43.0 Å². The molecule has 0 aromatic carbocycles. The molecule has 0 saturated carbocycles. The molecule has 2 atom stereocenters. The van der Waals surface area contributed by atoms with Crippen molar-refractivity contribution >= 4 is 17.8 Å². The largest absolute Gasteiger partial charge is 0.548 e. The lowest BCUT2D eigenvalue weighted by molar-refractivity contribution is -0.657. The van der Waals surface area contributed by atoms with Gasteiger partial charge >= 0.3 is 0 Å². The van der Waals surface area contributed by atoms with E-state index in [1.165, 1.54) is 0 Å². The number of hydrogen-bond acceptors (Lipinski definition) is 4. The first-order valence-corrected chi connectivity index (χ1v) is 7.01. The van der Waals surface area contributed by atoms with Gasteiger partial charge in [0.05, 0.1) is 19.1 Å². The molecule has 1 aliphatic rings. The summed E-state index contributed by atoms with van der Waals surface area (Å²) in [6.07, 6.45) is 2.27. The van der Waals surface area contributed by atoms with Gasteiger partial charge < -0.3 is 25.9 Å². The molecule has 2 amide bonds. The number of hydrogen-bond donors (Lipinski definition) is 3. The number of carboxylic acids is 1. The molecule has 0 bridgehead atoms. The van der Waals surface area contributed by atoms with E-state index in [9.17, 15) is 19.5 Å². The van der Waals surface area contributed by atoms with E-state index in [0.717, 1.165) is 19.4 Å². The van der Waals surface area contributed by atoms with E-state index in [4.69, 9.17) is 0 Å².